The summed E-state index contributed by atoms with van der Waals surface area (Å²) in [7, 11) is -3.55. The number of hydrogen-bond donors (Lipinski definition) is 1. The number of benzene rings is 2. The Kier molecular flexibility index (Phi) is 5.74. The van der Waals surface area contributed by atoms with Crippen molar-refractivity contribution in [2.75, 3.05) is 11.4 Å². The molecule has 154 valence electrons. The number of aryl methyl sites for hydroxylation is 1. The average Bonchev–Trinajstić information content (AvgIpc) is 2.99. The van der Waals surface area contributed by atoms with Gasteiger partial charge in [-0.2, -0.15) is 0 Å². The molecule has 4 rings (SSSR count). The molecule has 1 aliphatic heterocycles. The molecule has 1 saturated carbocycles. The second-order valence-corrected chi connectivity index (χ2v) is 9.93. The number of nitrogens with one attached hydrogen (secondary N) is 1. The van der Waals surface area contributed by atoms with Crippen LogP contribution in [0.15, 0.2) is 53.4 Å². The standard InChI is InChI=1S/C23H28N2O3S/c1-17-15-20-16-21(12-13-22(20)25(17)23(26)19-10-5-11-19)29(27,28)24-14-6-9-18-7-3-2-4-8-18/h2-4,7-8,12-13,16-17,19,24H,5-6,9-11,14-15H2,1H3/t17-/m1/s1. The number of amides is 1. The van der Waals surface area contributed by atoms with Crippen molar-refractivity contribution in [3.05, 3.63) is 59.7 Å². The summed E-state index contributed by atoms with van der Waals surface area (Å²) in [4.78, 5) is 14.9. The second kappa shape index (κ2) is 8.28. The van der Waals surface area contributed by atoms with E-state index in [2.05, 4.69) is 4.72 Å². The van der Waals surface area contributed by atoms with E-state index in [0.29, 0.717) is 13.0 Å². The first-order chi connectivity index (χ1) is 14.0. The van der Waals surface area contributed by atoms with Crippen LogP contribution >= 0.6 is 0 Å². The Morgan fingerprint density at radius 3 is 2.59 bits per heavy atom. The van der Waals surface area contributed by atoms with Crippen LogP contribution in [0.25, 0.3) is 0 Å². The third-order valence-electron chi connectivity index (χ3n) is 6.05. The number of sulfonamides is 1. The third kappa shape index (κ3) is 4.23. The van der Waals surface area contributed by atoms with Gasteiger partial charge in [-0.1, -0.05) is 36.8 Å². The Balaban J connectivity index is 1.41. The van der Waals surface area contributed by atoms with E-state index >= 15 is 0 Å². The molecule has 0 bridgehead atoms. The largest absolute Gasteiger partial charge is 0.309 e. The number of anilines is 1. The lowest BCUT2D eigenvalue weighted by Gasteiger charge is -2.32. The van der Waals surface area contributed by atoms with Gasteiger partial charge in [0.2, 0.25) is 15.9 Å². The van der Waals surface area contributed by atoms with Gasteiger partial charge in [0.1, 0.15) is 0 Å². The molecule has 1 N–H and O–H groups in total. The lowest BCUT2D eigenvalue weighted by atomic mass is 9.84. The highest BCUT2D eigenvalue weighted by molar-refractivity contribution is 7.89. The Labute approximate surface area is 173 Å². The fourth-order valence-electron chi connectivity index (χ4n) is 4.19. The van der Waals surface area contributed by atoms with Crippen molar-refractivity contribution < 1.29 is 13.2 Å². The molecule has 1 fully saturated rings. The lowest BCUT2D eigenvalue weighted by Crippen LogP contribution is -2.42. The van der Waals surface area contributed by atoms with Gasteiger partial charge >= 0.3 is 0 Å². The van der Waals surface area contributed by atoms with Crippen LogP contribution in [0.2, 0.25) is 0 Å². The first-order valence-corrected chi connectivity index (χ1v) is 11.9. The fraction of sp³-hybridized carbons (Fsp3) is 0.435. The minimum atomic E-state index is -3.55. The van der Waals surface area contributed by atoms with Crippen LogP contribution < -0.4 is 9.62 Å². The van der Waals surface area contributed by atoms with Crippen molar-refractivity contribution in [3.8, 4) is 0 Å². The third-order valence-corrected chi connectivity index (χ3v) is 7.50. The smallest absolute Gasteiger partial charge is 0.240 e. The molecule has 29 heavy (non-hydrogen) atoms. The van der Waals surface area contributed by atoms with Gasteiger partial charge < -0.3 is 4.90 Å². The van der Waals surface area contributed by atoms with Crippen LogP contribution in [0.3, 0.4) is 0 Å². The second-order valence-electron chi connectivity index (χ2n) is 8.17. The summed E-state index contributed by atoms with van der Waals surface area (Å²) in [5.41, 5.74) is 3.02. The maximum Gasteiger partial charge on any atom is 0.240 e. The van der Waals surface area contributed by atoms with Crippen LogP contribution in [-0.4, -0.2) is 26.9 Å². The van der Waals surface area contributed by atoms with E-state index in [9.17, 15) is 13.2 Å². The highest BCUT2D eigenvalue weighted by atomic mass is 32.2. The number of rotatable bonds is 7. The normalized spacial score (nSPS) is 19.1. The minimum absolute atomic E-state index is 0.0786. The maximum atomic E-state index is 12.8. The summed E-state index contributed by atoms with van der Waals surface area (Å²) < 4.78 is 28.1. The molecule has 1 amide bonds. The van der Waals surface area contributed by atoms with Crippen LogP contribution in [0.1, 0.15) is 43.7 Å². The molecule has 2 aromatic carbocycles. The van der Waals surface area contributed by atoms with E-state index in [4.69, 9.17) is 0 Å². The summed E-state index contributed by atoms with van der Waals surface area (Å²) in [6, 6.07) is 15.3. The van der Waals surface area contributed by atoms with E-state index in [1.807, 2.05) is 42.2 Å². The summed E-state index contributed by atoms with van der Waals surface area (Å²) in [5.74, 6) is 0.329. The predicted octanol–water partition coefficient (Wildman–Crippen LogP) is 3.68. The number of carbonyl (C=O) groups is 1. The SMILES string of the molecule is C[C@@H]1Cc2cc(S(=O)(=O)NCCCc3ccccc3)ccc2N1C(=O)C1CCC1. The van der Waals surface area contributed by atoms with Crippen molar-refractivity contribution in [2.45, 2.75) is 56.4 Å². The maximum absolute atomic E-state index is 12.8. The zero-order valence-corrected chi connectivity index (χ0v) is 17.6. The number of nitrogens with zero attached hydrogens (tertiary/aromatic N) is 1. The molecule has 2 aliphatic rings. The molecule has 0 radical (unpaired) electrons. The zero-order chi connectivity index (χ0) is 20.4. The monoisotopic (exact) mass is 412 g/mol. The molecular formula is C23H28N2O3S. The number of carbonyl (C=O) groups excluding carboxylic acids is 1. The van der Waals surface area contributed by atoms with Gasteiger partial charge in [-0.15, -0.1) is 0 Å². The summed E-state index contributed by atoms with van der Waals surface area (Å²) in [5, 5.41) is 0. The molecule has 5 nitrogen and oxygen atoms in total. The lowest BCUT2D eigenvalue weighted by molar-refractivity contribution is -0.125. The molecule has 1 atom stereocenters. The van der Waals surface area contributed by atoms with Crippen LogP contribution in [-0.2, 0) is 27.7 Å². The Hall–Kier alpha value is -2.18. The van der Waals surface area contributed by atoms with Gasteiger partial charge in [0, 0.05) is 24.2 Å². The molecule has 0 aromatic heterocycles. The van der Waals surface area contributed by atoms with Gasteiger partial charge in [-0.3, -0.25) is 4.79 Å². The summed E-state index contributed by atoms with van der Waals surface area (Å²) >= 11 is 0. The summed E-state index contributed by atoms with van der Waals surface area (Å²) in [6.07, 6.45) is 5.34. The number of hydrogen-bond acceptors (Lipinski definition) is 3. The van der Waals surface area contributed by atoms with Crippen molar-refractivity contribution in [1.82, 2.24) is 4.72 Å². The van der Waals surface area contributed by atoms with E-state index in [-0.39, 0.29) is 22.8 Å². The van der Waals surface area contributed by atoms with E-state index in [1.165, 1.54) is 5.56 Å². The molecule has 1 heterocycles. The van der Waals surface area contributed by atoms with E-state index in [1.54, 1.807) is 18.2 Å². The molecule has 0 spiro atoms. The van der Waals surface area contributed by atoms with E-state index in [0.717, 1.165) is 43.4 Å². The Morgan fingerprint density at radius 2 is 1.90 bits per heavy atom. The molecule has 2 aromatic rings. The quantitative estimate of drug-likeness (QED) is 0.706. The fourth-order valence-corrected chi connectivity index (χ4v) is 5.31. The first kappa shape index (κ1) is 20.1. The van der Waals surface area contributed by atoms with Crippen molar-refractivity contribution >= 4 is 21.6 Å². The van der Waals surface area contributed by atoms with Crippen molar-refractivity contribution in [1.29, 1.82) is 0 Å². The van der Waals surface area contributed by atoms with Gasteiger partial charge in [0.05, 0.1) is 4.90 Å². The number of fused-ring (bicyclic) bond motifs is 1. The van der Waals surface area contributed by atoms with Crippen LogP contribution in [0, 0.1) is 5.92 Å². The predicted molar refractivity (Wildman–Crippen MR) is 114 cm³/mol. The van der Waals surface area contributed by atoms with Gasteiger partial charge in [0.15, 0.2) is 0 Å². The highest BCUT2D eigenvalue weighted by Crippen LogP contribution is 2.38. The minimum Gasteiger partial charge on any atom is -0.309 e. The zero-order valence-electron chi connectivity index (χ0n) is 16.8. The Bertz CT molecular complexity index is 984. The molecule has 0 saturated heterocycles. The average molecular weight is 413 g/mol. The summed E-state index contributed by atoms with van der Waals surface area (Å²) in [6.45, 7) is 2.43. The molecule has 0 unspecified atom stereocenters. The highest BCUT2D eigenvalue weighted by Gasteiger charge is 2.37. The topological polar surface area (TPSA) is 66.5 Å². The van der Waals surface area contributed by atoms with Gasteiger partial charge in [-0.25, -0.2) is 13.1 Å². The van der Waals surface area contributed by atoms with E-state index < -0.39 is 10.0 Å². The van der Waals surface area contributed by atoms with Crippen LogP contribution in [0.4, 0.5) is 5.69 Å². The van der Waals surface area contributed by atoms with Crippen molar-refractivity contribution in [3.63, 3.8) is 0 Å². The Morgan fingerprint density at radius 1 is 1.14 bits per heavy atom. The van der Waals surface area contributed by atoms with Gasteiger partial charge in [-0.05, 0) is 68.4 Å². The van der Waals surface area contributed by atoms with Crippen molar-refractivity contribution in [2.24, 2.45) is 5.92 Å². The molecule has 6 heteroatoms. The van der Waals surface area contributed by atoms with Gasteiger partial charge in [0.25, 0.3) is 0 Å². The first-order valence-electron chi connectivity index (χ1n) is 10.5. The molecule has 1 aliphatic carbocycles. The van der Waals surface area contributed by atoms with Crippen LogP contribution in [0.5, 0.6) is 0 Å². The molecular weight excluding hydrogens is 384 g/mol.